The number of nitrogens with one attached hydrogen (secondary N) is 1. The summed E-state index contributed by atoms with van der Waals surface area (Å²) in [5.41, 5.74) is 7.03. The van der Waals surface area contributed by atoms with Gasteiger partial charge in [-0.1, -0.05) is 19.9 Å². The first kappa shape index (κ1) is 16.3. The lowest BCUT2D eigenvalue weighted by Gasteiger charge is -2.35. The van der Waals surface area contributed by atoms with E-state index in [0.29, 0.717) is 24.5 Å². The van der Waals surface area contributed by atoms with Gasteiger partial charge >= 0.3 is 0 Å². The Kier molecular flexibility index (Phi) is 5.03. The van der Waals surface area contributed by atoms with Crippen molar-refractivity contribution in [2.75, 3.05) is 24.5 Å². The van der Waals surface area contributed by atoms with E-state index in [4.69, 9.17) is 10.5 Å². The minimum atomic E-state index is -0.572. The summed E-state index contributed by atoms with van der Waals surface area (Å²) in [7, 11) is 0. The van der Waals surface area contributed by atoms with Gasteiger partial charge in [0.25, 0.3) is 5.91 Å². The van der Waals surface area contributed by atoms with Gasteiger partial charge in [-0.15, -0.1) is 0 Å². The van der Waals surface area contributed by atoms with Gasteiger partial charge < -0.3 is 15.8 Å². The van der Waals surface area contributed by atoms with Crippen molar-refractivity contribution >= 4 is 17.5 Å². The van der Waals surface area contributed by atoms with Crippen LogP contribution < -0.4 is 20.7 Å². The minimum Gasteiger partial charge on any atom is -0.478 e. The molecule has 0 radical (unpaired) electrons. The Hall–Kier alpha value is -2.08. The zero-order valence-corrected chi connectivity index (χ0v) is 13.3. The number of fused-ring (bicyclic) bond motifs is 1. The van der Waals surface area contributed by atoms with E-state index in [2.05, 4.69) is 5.32 Å². The summed E-state index contributed by atoms with van der Waals surface area (Å²) >= 11 is 0. The molecule has 0 saturated carbocycles. The Morgan fingerprint density at radius 3 is 2.82 bits per heavy atom. The first-order valence-electron chi connectivity index (χ1n) is 7.49. The van der Waals surface area contributed by atoms with Crippen molar-refractivity contribution in [3.63, 3.8) is 0 Å². The molecule has 120 valence electrons. The fourth-order valence-corrected chi connectivity index (χ4v) is 2.39. The Balaban J connectivity index is 2.30. The second-order valence-corrected chi connectivity index (χ2v) is 5.82. The maximum absolute atomic E-state index is 12.6. The molecule has 22 heavy (non-hydrogen) atoms. The highest BCUT2D eigenvalue weighted by Crippen LogP contribution is 2.36. The summed E-state index contributed by atoms with van der Waals surface area (Å²) in [6.45, 7) is 6.52. The summed E-state index contributed by atoms with van der Waals surface area (Å²) in [4.78, 5) is 26.1. The molecule has 1 aromatic carbocycles. The number of benzene rings is 1. The fraction of sp³-hybridized carbons (Fsp3) is 0.500. The van der Waals surface area contributed by atoms with Gasteiger partial charge in [-0.3, -0.25) is 14.5 Å². The third-order valence-electron chi connectivity index (χ3n) is 3.54. The zero-order chi connectivity index (χ0) is 16.3. The molecule has 0 bridgehead atoms. The van der Waals surface area contributed by atoms with Crippen molar-refractivity contribution in [1.82, 2.24) is 5.32 Å². The van der Waals surface area contributed by atoms with Gasteiger partial charge in [0, 0.05) is 13.1 Å². The molecule has 0 spiro atoms. The van der Waals surface area contributed by atoms with Crippen LogP contribution >= 0.6 is 0 Å². The molecule has 1 unspecified atom stereocenters. The maximum atomic E-state index is 12.6. The predicted molar refractivity (Wildman–Crippen MR) is 84.9 cm³/mol. The van der Waals surface area contributed by atoms with Crippen LogP contribution in [0.25, 0.3) is 0 Å². The Morgan fingerprint density at radius 1 is 1.45 bits per heavy atom. The molecule has 0 aliphatic carbocycles. The van der Waals surface area contributed by atoms with Crippen LogP contribution in [0.1, 0.15) is 19.4 Å². The lowest BCUT2D eigenvalue weighted by molar-refractivity contribution is -0.130. The Bertz CT molecular complexity index is 572. The zero-order valence-electron chi connectivity index (χ0n) is 13.3. The van der Waals surface area contributed by atoms with Crippen LogP contribution in [-0.4, -0.2) is 37.6 Å². The van der Waals surface area contributed by atoms with Gasteiger partial charge in [0.1, 0.15) is 12.3 Å². The number of hydrogen-bond acceptors (Lipinski definition) is 4. The highest BCUT2D eigenvalue weighted by Gasteiger charge is 2.37. The van der Waals surface area contributed by atoms with Crippen LogP contribution in [0.2, 0.25) is 0 Å². The fourth-order valence-electron chi connectivity index (χ4n) is 2.39. The van der Waals surface area contributed by atoms with Crippen molar-refractivity contribution in [2.24, 2.45) is 11.7 Å². The molecule has 2 rings (SSSR count). The van der Waals surface area contributed by atoms with Crippen molar-refractivity contribution in [3.8, 4) is 5.75 Å². The predicted octanol–water partition coefficient (Wildman–Crippen LogP) is 0.820. The van der Waals surface area contributed by atoms with Crippen molar-refractivity contribution in [3.05, 3.63) is 23.8 Å². The van der Waals surface area contributed by atoms with Gasteiger partial charge in [-0.25, -0.2) is 0 Å². The van der Waals surface area contributed by atoms with Crippen LogP contribution in [0.5, 0.6) is 5.75 Å². The number of hydrogen-bond donors (Lipinski definition) is 2. The van der Waals surface area contributed by atoms with E-state index in [9.17, 15) is 9.59 Å². The number of carbonyl (C=O) groups is 2. The van der Waals surface area contributed by atoms with Crippen molar-refractivity contribution < 1.29 is 14.3 Å². The van der Waals surface area contributed by atoms with E-state index in [0.717, 1.165) is 5.56 Å². The van der Waals surface area contributed by atoms with E-state index in [-0.39, 0.29) is 24.3 Å². The van der Waals surface area contributed by atoms with Gasteiger partial charge in [0.15, 0.2) is 6.10 Å². The Morgan fingerprint density at radius 2 is 2.18 bits per heavy atom. The van der Waals surface area contributed by atoms with Gasteiger partial charge in [-0.2, -0.15) is 0 Å². The highest BCUT2D eigenvalue weighted by atomic mass is 16.5. The summed E-state index contributed by atoms with van der Waals surface area (Å²) in [5, 5.41) is 2.69. The number of ether oxygens (including phenoxy) is 1. The van der Waals surface area contributed by atoms with Crippen LogP contribution in [0.3, 0.4) is 0 Å². The van der Waals surface area contributed by atoms with Gasteiger partial charge in [0.2, 0.25) is 5.91 Å². The van der Waals surface area contributed by atoms with Crippen LogP contribution in [-0.2, 0) is 9.59 Å². The molecule has 1 heterocycles. The smallest absolute Gasteiger partial charge is 0.268 e. The monoisotopic (exact) mass is 305 g/mol. The minimum absolute atomic E-state index is 0.0246. The summed E-state index contributed by atoms with van der Waals surface area (Å²) in [6, 6.07) is 5.63. The standard InChI is InChI=1S/C16H23N3O3/c1-10(2)15-16(21)19(9-14(20)18-7-6-17)12-8-11(3)4-5-13(12)22-15/h4-5,8,10,15H,6-7,9,17H2,1-3H3,(H,18,20). The molecule has 1 aliphatic heterocycles. The first-order valence-corrected chi connectivity index (χ1v) is 7.49. The summed E-state index contributed by atoms with van der Waals surface area (Å²) < 4.78 is 5.81. The van der Waals surface area contributed by atoms with E-state index in [1.54, 1.807) is 0 Å². The van der Waals surface area contributed by atoms with Crippen molar-refractivity contribution in [2.45, 2.75) is 26.9 Å². The number of anilines is 1. The molecule has 1 aromatic rings. The molecule has 1 atom stereocenters. The SMILES string of the molecule is Cc1ccc2c(c1)N(CC(=O)NCCN)C(=O)C(C(C)C)O2. The second kappa shape index (κ2) is 6.79. The molecule has 6 heteroatoms. The van der Waals surface area contributed by atoms with Crippen LogP contribution in [0.15, 0.2) is 18.2 Å². The largest absolute Gasteiger partial charge is 0.478 e. The average molecular weight is 305 g/mol. The highest BCUT2D eigenvalue weighted by molar-refractivity contribution is 6.04. The van der Waals surface area contributed by atoms with Crippen molar-refractivity contribution in [1.29, 1.82) is 0 Å². The van der Waals surface area contributed by atoms with E-state index < -0.39 is 6.10 Å². The number of carbonyl (C=O) groups excluding carboxylic acids is 2. The van der Waals surface area contributed by atoms with E-state index >= 15 is 0 Å². The topological polar surface area (TPSA) is 84.7 Å². The lowest BCUT2D eigenvalue weighted by atomic mass is 10.0. The molecular formula is C16H23N3O3. The number of nitrogens with zero attached hydrogens (tertiary/aromatic N) is 1. The molecule has 0 saturated heterocycles. The molecule has 0 aromatic heterocycles. The second-order valence-electron chi connectivity index (χ2n) is 5.82. The van der Waals surface area contributed by atoms with Crippen LogP contribution in [0, 0.1) is 12.8 Å². The molecule has 6 nitrogen and oxygen atoms in total. The molecular weight excluding hydrogens is 282 g/mol. The lowest BCUT2D eigenvalue weighted by Crippen LogP contribution is -2.51. The quantitative estimate of drug-likeness (QED) is 0.843. The van der Waals surface area contributed by atoms with E-state index in [1.807, 2.05) is 39.0 Å². The summed E-state index contributed by atoms with van der Waals surface area (Å²) in [5.74, 6) is 0.249. The summed E-state index contributed by atoms with van der Waals surface area (Å²) in [6.07, 6.45) is -0.572. The third kappa shape index (κ3) is 3.39. The molecule has 3 N–H and O–H groups in total. The molecule has 0 fully saturated rings. The average Bonchev–Trinajstić information content (AvgIpc) is 2.47. The Labute approximate surface area is 130 Å². The number of aryl methyl sites for hydroxylation is 1. The van der Waals surface area contributed by atoms with Crippen LogP contribution in [0.4, 0.5) is 5.69 Å². The van der Waals surface area contributed by atoms with E-state index in [1.165, 1.54) is 4.90 Å². The number of amides is 2. The van der Waals surface area contributed by atoms with Gasteiger partial charge in [0.05, 0.1) is 5.69 Å². The molecule has 2 amide bonds. The van der Waals surface area contributed by atoms with Gasteiger partial charge in [-0.05, 0) is 30.5 Å². The normalized spacial score (nSPS) is 17.2. The number of rotatable bonds is 5. The maximum Gasteiger partial charge on any atom is 0.268 e. The first-order chi connectivity index (χ1) is 10.4. The third-order valence-corrected chi connectivity index (χ3v) is 3.54. The number of nitrogens with two attached hydrogens (primary N) is 1. The molecule has 1 aliphatic rings.